The van der Waals surface area contributed by atoms with Gasteiger partial charge in [-0.3, -0.25) is 15.6 Å². The molecule has 3 N–H and O–H groups in total. The molecule has 21 heavy (non-hydrogen) atoms. The molecule has 1 rings (SSSR count). The quantitative estimate of drug-likeness (QED) is 0.493. The van der Waals surface area contributed by atoms with Crippen molar-refractivity contribution >= 4 is 33.3 Å². The summed E-state index contributed by atoms with van der Waals surface area (Å²) in [6, 6.07) is 0.168. The Bertz CT molecular complexity index is 479. The molecular formula is C12H24N4O3S2. The summed E-state index contributed by atoms with van der Waals surface area (Å²) < 4.78 is 25.1. The third-order valence-corrected chi connectivity index (χ3v) is 5.30. The first kappa shape index (κ1) is 18.1. The Hall–Kier alpha value is -0.930. The smallest absolute Gasteiger partial charge is 0.242 e. The van der Waals surface area contributed by atoms with E-state index in [-0.39, 0.29) is 30.2 Å². The summed E-state index contributed by atoms with van der Waals surface area (Å²) in [4.78, 5) is 12.1. The van der Waals surface area contributed by atoms with Crippen molar-refractivity contribution in [2.45, 2.75) is 39.7 Å². The van der Waals surface area contributed by atoms with Crippen LogP contribution in [0.1, 0.15) is 33.6 Å². The second-order valence-electron chi connectivity index (χ2n) is 5.34. The van der Waals surface area contributed by atoms with E-state index < -0.39 is 10.0 Å². The molecule has 1 saturated heterocycles. The fraction of sp³-hybridized carbons (Fsp3) is 0.833. The number of nitrogens with one attached hydrogen (secondary N) is 3. The average Bonchev–Trinajstić information content (AvgIpc) is 2.44. The molecule has 0 aromatic carbocycles. The number of nitrogens with zero attached hydrogens (tertiary/aromatic N) is 1. The molecule has 0 spiro atoms. The van der Waals surface area contributed by atoms with Crippen LogP contribution in [0.5, 0.6) is 0 Å². The van der Waals surface area contributed by atoms with Gasteiger partial charge in [0.05, 0.1) is 11.7 Å². The van der Waals surface area contributed by atoms with E-state index in [1.54, 1.807) is 6.92 Å². The predicted octanol–water partition coefficient (Wildman–Crippen LogP) is -0.0482. The number of carbonyl (C=O) groups excluding carboxylic acids is 1. The zero-order valence-corrected chi connectivity index (χ0v) is 14.3. The normalized spacial score (nSPS) is 20.1. The zero-order chi connectivity index (χ0) is 16.0. The van der Waals surface area contributed by atoms with Gasteiger partial charge in [0.15, 0.2) is 5.11 Å². The molecule has 0 aromatic heterocycles. The van der Waals surface area contributed by atoms with E-state index in [1.807, 2.05) is 13.8 Å². The molecule has 1 heterocycles. The third-order valence-electron chi connectivity index (χ3n) is 3.23. The van der Waals surface area contributed by atoms with Gasteiger partial charge in [-0.15, -0.1) is 0 Å². The Morgan fingerprint density at radius 2 is 2.05 bits per heavy atom. The van der Waals surface area contributed by atoms with Gasteiger partial charge in [-0.1, -0.05) is 0 Å². The van der Waals surface area contributed by atoms with E-state index in [9.17, 15) is 13.2 Å². The van der Waals surface area contributed by atoms with E-state index in [1.165, 1.54) is 4.31 Å². The van der Waals surface area contributed by atoms with Crippen molar-refractivity contribution in [1.29, 1.82) is 0 Å². The zero-order valence-electron chi connectivity index (χ0n) is 12.7. The number of hydrogen-bond donors (Lipinski definition) is 3. The van der Waals surface area contributed by atoms with Crippen LogP contribution in [0.15, 0.2) is 0 Å². The average molecular weight is 336 g/mol. The highest BCUT2D eigenvalue weighted by Gasteiger charge is 2.31. The van der Waals surface area contributed by atoms with Gasteiger partial charge in [0, 0.05) is 19.1 Å². The van der Waals surface area contributed by atoms with Crippen LogP contribution < -0.4 is 16.2 Å². The first-order valence-electron chi connectivity index (χ1n) is 7.10. The molecule has 1 aliphatic heterocycles. The van der Waals surface area contributed by atoms with E-state index in [4.69, 9.17) is 12.2 Å². The van der Waals surface area contributed by atoms with Gasteiger partial charge in [-0.25, -0.2) is 12.7 Å². The van der Waals surface area contributed by atoms with E-state index in [0.717, 1.165) is 0 Å². The molecule has 0 aromatic rings. The second-order valence-corrected chi connectivity index (χ2v) is 8.01. The molecule has 0 radical (unpaired) electrons. The van der Waals surface area contributed by atoms with Crippen molar-refractivity contribution in [1.82, 2.24) is 20.5 Å². The number of rotatable bonds is 4. The summed E-state index contributed by atoms with van der Waals surface area (Å²) >= 11 is 5.01. The van der Waals surface area contributed by atoms with E-state index in [2.05, 4.69) is 16.2 Å². The van der Waals surface area contributed by atoms with Crippen molar-refractivity contribution < 1.29 is 13.2 Å². The lowest BCUT2D eigenvalue weighted by atomic mass is 9.99. The van der Waals surface area contributed by atoms with Crippen LogP contribution in [-0.4, -0.2) is 48.6 Å². The third kappa shape index (κ3) is 5.76. The lowest BCUT2D eigenvalue weighted by Crippen LogP contribution is -2.53. The maximum absolute atomic E-state index is 12.1. The second kappa shape index (κ2) is 7.90. The van der Waals surface area contributed by atoms with Crippen LogP contribution in [0.3, 0.4) is 0 Å². The maximum Gasteiger partial charge on any atom is 0.242 e. The van der Waals surface area contributed by atoms with E-state index >= 15 is 0 Å². The lowest BCUT2D eigenvalue weighted by molar-refractivity contribution is -0.126. The summed E-state index contributed by atoms with van der Waals surface area (Å²) in [5.41, 5.74) is 5.16. The molecule has 7 nitrogen and oxygen atoms in total. The van der Waals surface area contributed by atoms with Gasteiger partial charge in [0.2, 0.25) is 15.9 Å². The van der Waals surface area contributed by atoms with Crippen LogP contribution in [0, 0.1) is 5.92 Å². The summed E-state index contributed by atoms with van der Waals surface area (Å²) in [5, 5.41) is 3.28. The number of piperidine rings is 1. The van der Waals surface area contributed by atoms with Gasteiger partial charge in [-0.2, -0.15) is 0 Å². The fourth-order valence-corrected chi connectivity index (χ4v) is 3.58. The first-order valence-corrected chi connectivity index (χ1v) is 9.12. The highest BCUT2D eigenvalue weighted by atomic mass is 32.2. The van der Waals surface area contributed by atoms with E-state index in [0.29, 0.717) is 24.5 Å². The number of amides is 1. The van der Waals surface area contributed by atoms with Crippen molar-refractivity contribution in [3.63, 3.8) is 0 Å². The molecule has 1 aliphatic rings. The van der Waals surface area contributed by atoms with Crippen LogP contribution in [0.25, 0.3) is 0 Å². The van der Waals surface area contributed by atoms with Gasteiger partial charge in [0.1, 0.15) is 0 Å². The molecule has 0 aliphatic carbocycles. The Labute approximate surface area is 131 Å². The molecule has 1 amide bonds. The highest BCUT2D eigenvalue weighted by Crippen LogP contribution is 2.19. The first-order chi connectivity index (χ1) is 9.76. The molecule has 1 atom stereocenters. The molecule has 0 unspecified atom stereocenters. The van der Waals surface area contributed by atoms with Crippen molar-refractivity contribution in [2.75, 3.05) is 18.8 Å². The Balaban J connectivity index is 2.49. The van der Waals surface area contributed by atoms with Crippen LogP contribution in [-0.2, 0) is 14.8 Å². The minimum Gasteiger partial charge on any atom is -0.359 e. The molecule has 0 saturated carbocycles. The van der Waals surface area contributed by atoms with Crippen molar-refractivity contribution in [3.05, 3.63) is 0 Å². The van der Waals surface area contributed by atoms with Gasteiger partial charge in [-0.05, 0) is 45.8 Å². The summed E-state index contributed by atoms with van der Waals surface area (Å²) in [7, 11) is -3.24. The summed E-state index contributed by atoms with van der Waals surface area (Å²) in [6.45, 7) is 6.19. The standard InChI is InChI=1S/C12H24N4O3S2/c1-4-21(18,19)16-7-5-6-10(8-16)11(17)14-15-12(20)13-9(2)3/h9-10H,4-8H2,1-3H3,(H,14,17)(H2,13,15,20)/t10-/m0/s1. The Kier molecular flexibility index (Phi) is 6.82. The Morgan fingerprint density at radius 3 is 2.62 bits per heavy atom. The number of hydrazine groups is 1. The predicted molar refractivity (Wildman–Crippen MR) is 85.9 cm³/mol. The van der Waals surface area contributed by atoms with Gasteiger partial charge >= 0.3 is 0 Å². The van der Waals surface area contributed by atoms with Crippen molar-refractivity contribution in [3.8, 4) is 0 Å². The molecule has 0 bridgehead atoms. The van der Waals surface area contributed by atoms with Crippen LogP contribution in [0.2, 0.25) is 0 Å². The fourth-order valence-electron chi connectivity index (χ4n) is 2.11. The molecular weight excluding hydrogens is 312 g/mol. The largest absolute Gasteiger partial charge is 0.359 e. The summed E-state index contributed by atoms with van der Waals surface area (Å²) in [6.07, 6.45) is 1.36. The van der Waals surface area contributed by atoms with Crippen LogP contribution in [0.4, 0.5) is 0 Å². The maximum atomic E-state index is 12.1. The minimum atomic E-state index is -3.24. The number of sulfonamides is 1. The molecule has 122 valence electrons. The SMILES string of the molecule is CCS(=O)(=O)N1CCC[C@H](C(=O)NNC(=S)NC(C)C)C1. The number of thiocarbonyl (C=S) groups is 1. The monoisotopic (exact) mass is 336 g/mol. The highest BCUT2D eigenvalue weighted by molar-refractivity contribution is 7.89. The van der Waals surface area contributed by atoms with Crippen molar-refractivity contribution in [2.24, 2.45) is 5.92 Å². The number of carbonyl (C=O) groups is 1. The summed E-state index contributed by atoms with van der Waals surface area (Å²) in [5.74, 6) is -0.532. The van der Waals surface area contributed by atoms with Crippen LogP contribution >= 0.6 is 12.2 Å². The molecule has 1 fully saturated rings. The topological polar surface area (TPSA) is 90.5 Å². The lowest BCUT2D eigenvalue weighted by Gasteiger charge is -2.31. The van der Waals surface area contributed by atoms with Gasteiger partial charge < -0.3 is 5.32 Å². The number of hydrogen-bond acceptors (Lipinski definition) is 4. The molecule has 9 heteroatoms. The Morgan fingerprint density at radius 1 is 1.38 bits per heavy atom. The minimum absolute atomic E-state index is 0.0575. The van der Waals surface area contributed by atoms with Gasteiger partial charge in [0.25, 0.3) is 0 Å².